The number of hydrogen-bond acceptors (Lipinski definition) is 2. The molecular formula is C61H41N3. The van der Waals surface area contributed by atoms with Crippen molar-refractivity contribution in [2.24, 2.45) is 0 Å². The summed E-state index contributed by atoms with van der Waals surface area (Å²) >= 11 is 0. The smallest absolute Gasteiger partial charge is 0.0979 e. The van der Waals surface area contributed by atoms with Crippen molar-refractivity contribution in [2.75, 3.05) is 0 Å². The van der Waals surface area contributed by atoms with Crippen LogP contribution in [-0.4, -0.2) is 14.5 Å². The second-order valence-corrected chi connectivity index (χ2v) is 17.8. The van der Waals surface area contributed by atoms with Crippen LogP contribution in [0.15, 0.2) is 212 Å². The number of rotatable bonds is 5. The summed E-state index contributed by atoms with van der Waals surface area (Å²) in [7, 11) is 0. The summed E-state index contributed by atoms with van der Waals surface area (Å²) in [6, 6.07) is 75.2. The second-order valence-electron chi connectivity index (χ2n) is 17.8. The maximum atomic E-state index is 5.32. The minimum atomic E-state index is -0.192. The zero-order valence-electron chi connectivity index (χ0n) is 35.5. The van der Waals surface area contributed by atoms with E-state index in [1.807, 2.05) is 6.20 Å². The van der Waals surface area contributed by atoms with Gasteiger partial charge in [-0.25, -0.2) is 4.98 Å². The summed E-state index contributed by atoms with van der Waals surface area (Å²) in [5, 5.41) is 7.20. The quantitative estimate of drug-likeness (QED) is 0.162. The van der Waals surface area contributed by atoms with Crippen LogP contribution in [0.1, 0.15) is 25.0 Å². The molecule has 0 amide bonds. The Bertz CT molecular complexity index is 3820. The molecule has 0 radical (unpaired) electrons. The van der Waals surface area contributed by atoms with Crippen molar-refractivity contribution in [3.05, 3.63) is 224 Å². The van der Waals surface area contributed by atoms with Crippen LogP contribution < -0.4 is 0 Å². The van der Waals surface area contributed by atoms with Crippen LogP contribution in [-0.2, 0) is 5.41 Å². The standard InChI is InChI=1S/C61H41N3/c1-61(2)54-34-42(27-30-48(54)49-31-29-44(35-55(49)61)56-37-62-59-52-20-8-6-17-46(52)47-18-7-9-21-53(47)60(59)63-56)39-25-23-38(24-26-39)40-13-12-14-41(33-40)43-28-32-51-50-19-10-11-22-57(50)64(58(51)36-43)45-15-4-3-5-16-45/h3-37H,1-2H3. The van der Waals surface area contributed by atoms with Crippen molar-refractivity contribution in [1.82, 2.24) is 14.5 Å². The Morgan fingerprint density at radius 1 is 0.359 bits per heavy atom. The van der Waals surface area contributed by atoms with Gasteiger partial charge in [0.2, 0.25) is 0 Å². The number of nitrogens with zero attached hydrogens (tertiary/aromatic N) is 3. The number of hydrogen-bond donors (Lipinski definition) is 0. The zero-order valence-corrected chi connectivity index (χ0v) is 35.5. The fourth-order valence-corrected chi connectivity index (χ4v) is 10.6. The van der Waals surface area contributed by atoms with Crippen LogP contribution in [0.3, 0.4) is 0 Å². The van der Waals surface area contributed by atoms with E-state index >= 15 is 0 Å². The lowest BCUT2D eigenvalue weighted by atomic mass is 9.81. The van der Waals surface area contributed by atoms with Crippen molar-refractivity contribution in [3.63, 3.8) is 0 Å². The first kappa shape index (κ1) is 36.5. The summed E-state index contributed by atoms with van der Waals surface area (Å²) in [4.78, 5) is 10.4. The fourth-order valence-electron chi connectivity index (χ4n) is 10.6. The number of aromatic nitrogens is 3. The monoisotopic (exact) mass is 815 g/mol. The minimum Gasteiger partial charge on any atom is -0.309 e. The van der Waals surface area contributed by atoms with Crippen molar-refractivity contribution in [1.29, 1.82) is 0 Å². The van der Waals surface area contributed by atoms with Crippen molar-refractivity contribution < 1.29 is 0 Å². The lowest BCUT2D eigenvalue weighted by molar-refractivity contribution is 0.661. The Hall–Kier alpha value is -8.14. The van der Waals surface area contributed by atoms with Crippen LogP contribution in [0.5, 0.6) is 0 Å². The molecule has 0 spiro atoms. The van der Waals surface area contributed by atoms with E-state index in [9.17, 15) is 0 Å². The molecule has 1 aliphatic carbocycles. The molecule has 1 aliphatic rings. The molecule has 0 N–H and O–H groups in total. The molecule has 0 unspecified atom stereocenters. The maximum absolute atomic E-state index is 5.32. The van der Waals surface area contributed by atoms with Crippen LogP contribution in [0.4, 0.5) is 0 Å². The largest absolute Gasteiger partial charge is 0.309 e. The molecule has 300 valence electrons. The molecule has 0 bridgehead atoms. The molecule has 12 aromatic rings. The van der Waals surface area contributed by atoms with Gasteiger partial charge in [0, 0.05) is 38.2 Å². The van der Waals surface area contributed by atoms with Gasteiger partial charge in [-0.2, -0.15) is 0 Å². The Kier molecular flexibility index (Phi) is 7.95. The van der Waals surface area contributed by atoms with E-state index in [1.54, 1.807) is 0 Å². The number of benzene rings is 10. The summed E-state index contributed by atoms with van der Waals surface area (Å²) in [5.41, 5.74) is 19.8. The lowest BCUT2D eigenvalue weighted by Crippen LogP contribution is -2.15. The highest BCUT2D eigenvalue weighted by molar-refractivity contribution is 6.23. The van der Waals surface area contributed by atoms with Crippen molar-refractivity contribution in [3.8, 4) is 61.5 Å². The van der Waals surface area contributed by atoms with Crippen LogP contribution in [0, 0.1) is 0 Å². The highest BCUT2D eigenvalue weighted by Gasteiger charge is 2.36. The van der Waals surface area contributed by atoms with Gasteiger partial charge in [-0.3, -0.25) is 4.98 Å². The summed E-state index contributed by atoms with van der Waals surface area (Å²) < 4.78 is 2.39. The van der Waals surface area contributed by atoms with Crippen molar-refractivity contribution in [2.45, 2.75) is 19.3 Å². The lowest BCUT2D eigenvalue weighted by Gasteiger charge is -2.22. The molecular weight excluding hydrogens is 775 g/mol. The molecule has 3 nitrogen and oxygen atoms in total. The van der Waals surface area contributed by atoms with E-state index in [1.165, 1.54) is 93.9 Å². The summed E-state index contributed by atoms with van der Waals surface area (Å²) in [5.74, 6) is 0. The van der Waals surface area contributed by atoms with Gasteiger partial charge in [-0.05, 0) is 109 Å². The molecule has 0 atom stereocenters. The van der Waals surface area contributed by atoms with Gasteiger partial charge < -0.3 is 4.57 Å². The Balaban J connectivity index is 0.809. The molecule has 3 heteroatoms. The topological polar surface area (TPSA) is 30.7 Å². The van der Waals surface area contributed by atoms with Gasteiger partial charge in [-0.15, -0.1) is 0 Å². The van der Waals surface area contributed by atoms with Crippen LogP contribution in [0.2, 0.25) is 0 Å². The highest BCUT2D eigenvalue weighted by Crippen LogP contribution is 2.51. The predicted octanol–water partition coefficient (Wildman–Crippen LogP) is 16.0. The first-order valence-corrected chi connectivity index (χ1v) is 22.1. The van der Waals surface area contributed by atoms with Crippen LogP contribution in [0.25, 0.3) is 116 Å². The van der Waals surface area contributed by atoms with Gasteiger partial charge in [0.15, 0.2) is 0 Å². The third-order valence-electron chi connectivity index (χ3n) is 13.8. The third-order valence-corrected chi connectivity index (χ3v) is 13.8. The Labute approximate surface area is 371 Å². The van der Waals surface area contributed by atoms with Gasteiger partial charge in [0.05, 0.1) is 34.0 Å². The normalized spacial score (nSPS) is 13.0. The van der Waals surface area contributed by atoms with Gasteiger partial charge in [-0.1, -0.05) is 178 Å². The first-order valence-electron chi connectivity index (χ1n) is 22.1. The first-order chi connectivity index (χ1) is 31.5. The van der Waals surface area contributed by atoms with E-state index in [0.717, 1.165) is 33.1 Å². The molecule has 64 heavy (non-hydrogen) atoms. The molecule has 13 rings (SSSR count). The Morgan fingerprint density at radius 2 is 0.859 bits per heavy atom. The molecule has 10 aromatic carbocycles. The third kappa shape index (κ3) is 5.54. The average Bonchev–Trinajstić information content (AvgIpc) is 3.81. The molecule has 2 aromatic heterocycles. The van der Waals surface area contributed by atoms with Crippen molar-refractivity contribution >= 4 is 54.4 Å². The van der Waals surface area contributed by atoms with Gasteiger partial charge in [0.1, 0.15) is 0 Å². The minimum absolute atomic E-state index is 0.192. The average molecular weight is 816 g/mol. The van der Waals surface area contributed by atoms with E-state index in [-0.39, 0.29) is 5.41 Å². The van der Waals surface area contributed by atoms with Gasteiger partial charge in [0.25, 0.3) is 0 Å². The van der Waals surface area contributed by atoms with E-state index < -0.39 is 0 Å². The van der Waals surface area contributed by atoms with Crippen LogP contribution >= 0.6 is 0 Å². The SMILES string of the molecule is CC1(C)c2cc(-c3ccc(-c4cccc(-c5ccc6c7ccccc7n(-c7ccccc7)c6c5)c4)cc3)ccc2-c2ccc(-c3cnc4c5ccccc5c5ccccc5c4n3)cc21. The summed E-state index contributed by atoms with van der Waals surface area (Å²) in [6.45, 7) is 4.71. The van der Waals surface area contributed by atoms with E-state index in [2.05, 4.69) is 225 Å². The Morgan fingerprint density at radius 3 is 1.56 bits per heavy atom. The number of para-hydroxylation sites is 2. The van der Waals surface area contributed by atoms with Gasteiger partial charge >= 0.3 is 0 Å². The second kappa shape index (κ2) is 13.9. The molecule has 0 saturated heterocycles. The van der Waals surface area contributed by atoms with E-state index in [0.29, 0.717) is 0 Å². The number of fused-ring (bicyclic) bond motifs is 12. The molecule has 0 fully saturated rings. The molecule has 0 saturated carbocycles. The maximum Gasteiger partial charge on any atom is 0.0979 e. The highest BCUT2D eigenvalue weighted by atomic mass is 15.0. The predicted molar refractivity (Wildman–Crippen MR) is 268 cm³/mol. The summed E-state index contributed by atoms with van der Waals surface area (Å²) in [6.07, 6.45) is 1.95. The fraction of sp³-hybridized carbons (Fsp3) is 0.0492. The molecule has 2 heterocycles. The molecule has 0 aliphatic heterocycles. The zero-order chi connectivity index (χ0) is 42.5. The van der Waals surface area contributed by atoms with E-state index in [4.69, 9.17) is 9.97 Å².